The maximum absolute atomic E-state index is 13.0. The van der Waals surface area contributed by atoms with Crippen molar-refractivity contribution < 1.29 is 26.4 Å². The number of rotatable bonds is 6. The van der Waals surface area contributed by atoms with E-state index in [1.54, 1.807) is 24.3 Å². The van der Waals surface area contributed by atoms with Crippen LogP contribution >= 0.6 is 23.2 Å². The molecular weight excluding hydrogens is 454 g/mol. The van der Waals surface area contributed by atoms with Gasteiger partial charge in [-0.3, -0.25) is 9.10 Å². The maximum atomic E-state index is 13.0. The summed E-state index contributed by atoms with van der Waals surface area (Å²) in [6.45, 7) is -0.782. The first-order valence-electron chi connectivity index (χ1n) is 7.80. The van der Waals surface area contributed by atoms with E-state index in [1.165, 1.54) is 6.21 Å². The van der Waals surface area contributed by atoms with Gasteiger partial charge in [0.05, 0.1) is 28.7 Å². The van der Waals surface area contributed by atoms with Gasteiger partial charge in [0.1, 0.15) is 6.54 Å². The van der Waals surface area contributed by atoms with Crippen LogP contribution in [0.5, 0.6) is 0 Å². The summed E-state index contributed by atoms with van der Waals surface area (Å²) in [6, 6.07) is 9.02. The van der Waals surface area contributed by atoms with Crippen LogP contribution in [0.3, 0.4) is 0 Å². The molecule has 6 nitrogen and oxygen atoms in total. The Morgan fingerprint density at radius 1 is 1.17 bits per heavy atom. The topological polar surface area (TPSA) is 78.8 Å². The third-order valence-electron chi connectivity index (χ3n) is 3.50. The van der Waals surface area contributed by atoms with Crippen LogP contribution in [0.1, 0.15) is 11.1 Å². The van der Waals surface area contributed by atoms with E-state index >= 15 is 0 Å². The fraction of sp³-hybridized carbons (Fsp3) is 0.176. The summed E-state index contributed by atoms with van der Waals surface area (Å²) in [5.74, 6) is -0.857. The van der Waals surface area contributed by atoms with Gasteiger partial charge in [0.2, 0.25) is 10.0 Å². The third-order valence-corrected chi connectivity index (χ3v) is 5.23. The average Bonchev–Trinajstić information content (AvgIpc) is 2.60. The van der Waals surface area contributed by atoms with Crippen LogP contribution in [0.2, 0.25) is 10.0 Å². The average molecular weight is 468 g/mol. The van der Waals surface area contributed by atoms with Gasteiger partial charge in [-0.25, -0.2) is 13.8 Å². The summed E-state index contributed by atoms with van der Waals surface area (Å²) >= 11 is 11.3. The minimum atomic E-state index is -4.79. The maximum Gasteiger partial charge on any atom is 0.417 e. The Morgan fingerprint density at radius 3 is 2.34 bits per heavy atom. The van der Waals surface area contributed by atoms with E-state index in [1.807, 2.05) is 0 Å². The molecule has 0 aliphatic heterocycles. The normalized spacial score (nSPS) is 12.2. The minimum Gasteiger partial charge on any atom is -0.271 e. The molecule has 0 spiro atoms. The fourth-order valence-electron chi connectivity index (χ4n) is 2.18. The number of alkyl halides is 3. The van der Waals surface area contributed by atoms with Crippen molar-refractivity contribution in [2.24, 2.45) is 5.10 Å². The van der Waals surface area contributed by atoms with Gasteiger partial charge in [-0.2, -0.15) is 18.3 Å². The highest BCUT2D eigenvalue weighted by molar-refractivity contribution is 7.92. The number of hydrazone groups is 1. The number of sulfonamides is 1. The van der Waals surface area contributed by atoms with E-state index in [4.69, 9.17) is 23.2 Å². The number of anilines is 1. The zero-order chi connectivity index (χ0) is 21.8. The van der Waals surface area contributed by atoms with Crippen LogP contribution in [0.15, 0.2) is 47.6 Å². The van der Waals surface area contributed by atoms with Crippen LogP contribution in [-0.4, -0.2) is 33.3 Å². The Bertz CT molecular complexity index is 1030. The number of benzene rings is 2. The van der Waals surface area contributed by atoms with E-state index < -0.39 is 39.2 Å². The van der Waals surface area contributed by atoms with Crippen LogP contribution in [0, 0.1) is 0 Å². The number of carbonyl (C=O) groups is 1. The van der Waals surface area contributed by atoms with Crippen molar-refractivity contribution in [1.82, 2.24) is 5.43 Å². The van der Waals surface area contributed by atoms with E-state index in [9.17, 15) is 26.4 Å². The number of nitrogens with zero attached hydrogens (tertiary/aromatic N) is 2. The van der Waals surface area contributed by atoms with Gasteiger partial charge in [0, 0.05) is 5.02 Å². The Kier molecular flexibility index (Phi) is 7.15. The van der Waals surface area contributed by atoms with E-state index in [0.717, 1.165) is 18.4 Å². The lowest BCUT2D eigenvalue weighted by molar-refractivity contribution is -0.137. The second-order valence-electron chi connectivity index (χ2n) is 5.78. The zero-order valence-corrected chi connectivity index (χ0v) is 17.1. The SMILES string of the molecule is CS(=O)(=O)N(CC(=O)N/N=C\c1ccc(Cl)cc1)c1ccc(Cl)c(C(F)(F)F)c1. The molecule has 0 aliphatic rings. The molecule has 0 fully saturated rings. The van der Waals surface area contributed by atoms with Gasteiger partial charge in [-0.1, -0.05) is 35.3 Å². The predicted octanol–water partition coefficient (Wildman–Crippen LogP) is 3.93. The molecule has 0 saturated carbocycles. The highest BCUT2D eigenvalue weighted by atomic mass is 35.5. The molecule has 2 aromatic rings. The van der Waals surface area contributed by atoms with E-state index in [2.05, 4.69) is 10.5 Å². The monoisotopic (exact) mass is 467 g/mol. The van der Waals surface area contributed by atoms with Crippen LogP contribution < -0.4 is 9.73 Å². The van der Waals surface area contributed by atoms with Gasteiger partial charge in [0.25, 0.3) is 5.91 Å². The number of amides is 1. The largest absolute Gasteiger partial charge is 0.417 e. The van der Waals surface area contributed by atoms with Gasteiger partial charge < -0.3 is 0 Å². The van der Waals surface area contributed by atoms with Crippen LogP contribution in [0.4, 0.5) is 18.9 Å². The third kappa shape index (κ3) is 6.62. The van der Waals surface area contributed by atoms with Crippen molar-refractivity contribution in [3.05, 3.63) is 63.6 Å². The van der Waals surface area contributed by atoms with E-state index in [-0.39, 0.29) is 5.69 Å². The fourth-order valence-corrected chi connectivity index (χ4v) is 3.38. The first-order chi connectivity index (χ1) is 13.4. The zero-order valence-electron chi connectivity index (χ0n) is 14.7. The summed E-state index contributed by atoms with van der Waals surface area (Å²) in [6.07, 6.45) is -2.73. The van der Waals surface area contributed by atoms with Gasteiger partial charge in [-0.05, 0) is 35.9 Å². The lowest BCUT2D eigenvalue weighted by Gasteiger charge is -2.22. The molecule has 1 amide bonds. The van der Waals surface area contributed by atoms with Crippen LogP contribution in [0.25, 0.3) is 0 Å². The number of hydrogen-bond donors (Lipinski definition) is 1. The van der Waals surface area contributed by atoms with Crippen molar-refractivity contribution in [3.63, 3.8) is 0 Å². The molecule has 0 heterocycles. The molecule has 29 heavy (non-hydrogen) atoms. The standard InChI is InChI=1S/C17H14Cl2F3N3O3S/c1-29(27,28)25(13-6-7-15(19)14(8-13)17(20,21)22)10-16(26)24-23-9-11-2-4-12(18)5-3-11/h2-9H,10H2,1H3,(H,24,26)/b23-9-. The lowest BCUT2D eigenvalue weighted by Crippen LogP contribution is -2.39. The van der Waals surface area contributed by atoms with Crippen molar-refractivity contribution in [1.29, 1.82) is 0 Å². The Morgan fingerprint density at radius 2 is 1.79 bits per heavy atom. The van der Waals surface area contributed by atoms with Crippen molar-refractivity contribution in [2.45, 2.75) is 6.18 Å². The molecule has 2 rings (SSSR count). The molecule has 0 unspecified atom stereocenters. The molecule has 0 bridgehead atoms. The van der Waals surface area contributed by atoms with Crippen molar-refractivity contribution in [3.8, 4) is 0 Å². The number of nitrogens with one attached hydrogen (secondary N) is 1. The Labute approximate surface area is 175 Å². The van der Waals surface area contributed by atoms with E-state index in [0.29, 0.717) is 21.0 Å². The molecular formula is C17H14Cl2F3N3O3S. The molecule has 0 aromatic heterocycles. The molecule has 1 N–H and O–H groups in total. The minimum absolute atomic E-state index is 0.360. The highest BCUT2D eigenvalue weighted by Gasteiger charge is 2.34. The second kappa shape index (κ2) is 9.02. The number of hydrogen-bond acceptors (Lipinski definition) is 4. The van der Waals surface area contributed by atoms with Crippen LogP contribution in [-0.2, 0) is 21.0 Å². The van der Waals surface area contributed by atoms with Gasteiger partial charge in [-0.15, -0.1) is 0 Å². The molecule has 0 radical (unpaired) electrons. The van der Waals surface area contributed by atoms with Crippen molar-refractivity contribution in [2.75, 3.05) is 17.1 Å². The lowest BCUT2D eigenvalue weighted by atomic mass is 10.2. The molecule has 156 valence electrons. The molecule has 0 aliphatic carbocycles. The molecule has 0 saturated heterocycles. The van der Waals surface area contributed by atoms with Gasteiger partial charge in [0.15, 0.2) is 0 Å². The number of halogens is 5. The molecule has 12 heteroatoms. The quantitative estimate of drug-likeness (QED) is 0.516. The summed E-state index contributed by atoms with van der Waals surface area (Å²) in [4.78, 5) is 12.1. The summed E-state index contributed by atoms with van der Waals surface area (Å²) in [7, 11) is -4.07. The first-order valence-corrected chi connectivity index (χ1v) is 10.4. The van der Waals surface area contributed by atoms with Gasteiger partial charge >= 0.3 is 6.18 Å². The molecule has 0 atom stereocenters. The smallest absolute Gasteiger partial charge is 0.271 e. The predicted molar refractivity (Wildman–Crippen MR) is 106 cm³/mol. The summed E-state index contributed by atoms with van der Waals surface area (Å²) in [5.41, 5.74) is 1.15. The van der Waals surface area contributed by atoms with Crippen molar-refractivity contribution >= 4 is 51.0 Å². The number of carbonyl (C=O) groups excluding carboxylic acids is 1. The Hall–Kier alpha value is -2.30. The Balaban J connectivity index is 2.19. The summed E-state index contributed by atoms with van der Waals surface area (Å²) < 4.78 is 63.7. The first kappa shape index (κ1) is 23.0. The highest BCUT2D eigenvalue weighted by Crippen LogP contribution is 2.37. The summed E-state index contributed by atoms with van der Waals surface area (Å²) in [5, 5.41) is 3.60. The second-order valence-corrected chi connectivity index (χ2v) is 8.53. The molecule has 2 aromatic carbocycles.